The Labute approximate surface area is 209 Å². The third-order valence-corrected chi connectivity index (χ3v) is 6.49. The Morgan fingerprint density at radius 2 is 1.36 bits per heavy atom. The number of halogens is 4. The van der Waals surface area contributed by atoms with Crippen molar-refractivity contribution < 1.29 is 22.3 Å². The second-order valence-electron chi connectivity index (χ2n) is 9.14. The van der Waals surface area contributed by atoms with E-state index in [1.807, 2.05) is 12.1 Å². The van der Waals surface area contributed by atoms with Gasteiger partial charge < -0.3 is 4.74 Å². The fourth-order valence-corrected chi connectivity index (χ4v) is 4.38. The molecule has 4 aromatic carbocycles. The molecular formula is C31H30F4O. The van der Waals surface area contributed by atoms with Gasteiger partial charge in [-0.15, -0.1) is 0 Å². The Morgan fingerprint density at radius 1 is 0.667 bits per heavy atom. The van der Waals surface area contributed by atoms with Crippen molar-refractivity contribution in [2.24, 2.45) is 0 Å². The predicted octanol–water partition coefficient (Wildman–Crippen LogP) is 8.54. The van der Waals surface area contributed by atoms with Crippen molar-refractivity contribution >= 4 is 10.8 Å². The van der Waals surface area contributed by atoms with Gasteiger partial charge in [-0.05, 0) is 66.3 Å². The molecule has 0 aliphatic carbocycles. The fraction of sp³-hybridized carbons (Fsp3) is 0.290. The van der Waals surface area contributed by atoms with Crippen molar-refractivity contribution in [3.8, 4) is 5.75 Å². The molecular weight excluding hydrogens is 464 g/mol. The lowest BCUT2D eigenvalue weighted by Gasteiger charge is -2.11. The molecule has 0 saturated carbocycles. The molecule has 0 fully saturated rings. The Balaban J connectivity index is 1.41. The van der Waals surface area contributed by atoms with Crippen LogP contribution in [0.2, 0.25) is 0 Å². The van der Waals surface area contributed by atoms with Crippen molar-refractivity contribution in [2.75, 3.05) is 6.61 Å². The summed E-state index contributed by atoms with van der Waals surface area (Å²) in [5.41, 5.74) is 2.44. The summed E-state index contributed by atoms with van der Waals surface area (Å²) in [7, 11) is 0. The highest BCUT2D eigenvalue weighted by Gasteiger charge is 2.13. The minimum absolute atomic E-state index is 0.0262. The number of benzene rings is 4. The van der Waals surface area contributed by atoms with E-state index >= 15 is 4.39 Å². The van der Waals surface area contributed by atoms with E-state index in [1.54, 1.807) is 30.3 Å². The van der Waals surface area contributed by atoms with E-state index in [2.05, 4.69) is 6.92 Å². The van der Waals surface area contributed by atoms with Crippen LogP contribution in [0, 0.1) is 23.3 Å². The molecule has 5 heteroatoms. The first-order chi connectivity index (χ1) is 17.4. The first-order valence-electron chi connectivity index (χ1n) is 12.5. The van der Waals surface area contributed by atoms with Crippen LogP contribution in [0.5, 0.6) is 5.75 Å². The molecule has 36 heavy (non-hydrogen) atoms. The molecule has 0 spiro atoms. The largest absolute Gasteiger partial charge is 0.493 e. The number of fused-ring (bicyclic) bond motifs is 1. The van der Waals surface area contributed by atoms with Gasteiger partial charge in [0.2, 0.25) is 0 Å². The van der Waals surface area contributed by atoms with Gasteiger partial charge in [0.15, 0.2) is 0 Å². The molecule has 0 atom stereocenters. The highest BCUT2D eigenvalue weighted by atomic mass is 19.1. The highest BCUT2D eigenvalue weighted by Crippen LogP contribution is 2.26. The van der Waals surface area contributed by atoms with Crippen molar-refractivity contribution in [3.63, 3.8) is 0 Å². The number of hydrogen-bond acceptors (Lipinski definition) is 1. The predicted molar refractivity (Wildman–Crippen MR) is 136 cm³/mol. The molecule has 188 valence electrons. The van der Waals surface area contributed by atoms with Crippen LogP contribution < -0.4 is 4.74 Å². The quantitative estimate of drug-likeness (QED) is 0.150. The van der Waals surface area contributed by atoms with E-state index in [9.17, 15) is 13.2 Å². The standard InChI is InChI=1S/C31H30F4O/c1-2-3-4-17-36-26-19-29(33)28(30(34)20-26)16-9-22-8-15-27-24(18-22)12-11-23(31(27)35)10-5-21-6-13-25(32)14-7-21/h6-8,11-15,18-20H,2-5,9-10,16-17H2,1H3. The lowest BCUT2D eigenvalue weighted by molar-refractivity contribution is 0.302. The lowest BCUT2D eigenvalue weighted by Crippen LogP contribution is -2.03. The summed E-state index contributed by atoms with van der Waals surface area (Å²) in [5, 5.41) is 1.25. The molecule has 0 aliphatic heterocycles. The molecule has 0 bridgehead atoms. The molecule has 1 nitrogen and oxygen atoms in total. The molecule has 0 amide bonds. The topological polar surface area (TPSA) is 9.23 Å². The van der Waals surface area contributed by atoms with Gasteiger partial charge in [0.1, 0.15) is 29.0 Å². The minimum Gasteiger partial charge on any atom is -0.493 e. The van der Waals surface area contributed by atoms with Crippen LogP contribution in [0.15, 0.2) is 66.7 Å². The van der Waals surface area contributed by atoms with E-state index in [-0.39, 0.29) is 29.4 Å². The zero-order chi connectivity index (χ0) is 25.5. The Kier molecular flexibility index (Phi) is 8.63. The maximum atomic E-state index is 15.1. The van der Waals surface area contributed by atoms with Gasteiger partial charge in [-0.2, -0.15) is 0 Å². The summed E-state index contributed by atoms with van der Waals surface area (Å²) in [6, 6.07) is 17.7. The number of ether oxygens (including phenoxy) is 1. The fourth-order valence-electron chi connectivity index (χ4n) is 4.38. The van der Waals surface area contributed by atoms with Crippen molar-refractivity contribution in [3.05, 3.63) is 112 Å². The molecule has 0 N–H and O–H groups in total. The minimum atomic E-state index is -0.613. The average Bonchev–Trinajstić information content (AvgIpc) is 2.87. The molecule has 4 aromatic rings. The number of hydrogen-bond donors (Lipinski definition) is 0. The van der Waals surface area contributed by atoms with E-state index in [0.717, 1.165) is 35.8 Å². The van der Waals surface area contributed by atoms with E-state index in [4.69, 9.17) is 4.74 Å². The van der Waals surface area contributed by atoms with Crippen LogP contribution >= 0.6 is 0 Å². The number of unbranched alkanes of at least 4 members (excludes halogenated alkanes) is 2. The Bertz CT molecular complexity index is 1290. The van der Waals surface area contributed by atoms with Gasteiger partial charge >= 0.3 is 0 Å². The monoisotopic (exact) mass is 494 g/mol. The first-order valence-corrected chi connectivity index (χ1v) is 12.5. The van der Waals surface area contributed by atoms with Crippen molar-refractivity contribution in [1.29, 1.82) is 0 Å². The average molecular weight is 495 g/mol. The maximum Gasteiger partial charge on any atom is 0.134 e. The van der Waals surface area contributed by atoms with Crippen LogP contribution in [0.4, 0.5) is 17.6 Å². The molecule has 0 aliphatic rings. The number of aryl methyl sites for hydroxylation is 3. The summed E-state index contributed by atoms with van der Waals surface area (Å²) in [6.07, 6.45) is 4.64. The lowest BCUT2D eigenvalue weighted by atomic mass is 9.97. The molecule has 0 radical (unpaired) electrons. The Hall–Kier alpha value is -3.34. The third kappa shape index (κ3) is 6.45. The summed E-state index contributed by atoms with van der Waals surface area (Å²) in [6.45, 7) is 2.52. The third-order valence-electron chi connectivity index (χ3n) is 6.49. The normalized spacial score (nSPS) is 11.2. The second-order valence-corrected chi connectivity index (χ2v) is 9.14. The van der Waals surface area contributed by atoms with E-state index < -0.39 is 11.6 Å². The van der Waals surface area contributed by atoms with Crippen LogP contribution in [0.25, 0.3) is 10.8 Å². The molecule has 0 saturated heterocycles. The smallest absolute Gasteiger partial charge is 0.134 e. The van der Waals surface area contributed by atoms with Gasteiger partial charge in [0.05, 0.1) is 6.61 Å². The van der Waals surface area contributed by atoms with Crippen LogP contribution in [0.1, 0.15) is 48.4 Å². The van der Waals surface area contributed by atoms with Gasteiger partial charge in [-0.1, -0.05) is 62.2 Å². The first kappa shape index (κ1) is 25.7. The summed E-state index contributed by atoms with van der Waals surface area (Å²) in [4.78, 5) is 0. The van der Waals surface area contributed by atoms with Crippen molar-refractivity contribution in [1.82, 2.24) is 0 Å². The summed E-state index contributed by atoms with van der Waals surface area (Å²) >= 11 is 0. The zero-order valence-electron chi connectivity index (χ0n) is 20.4. The maximum absolute atomic E-state index is 15.1. The van der Waals surface area contributed by atoms with Crippen LogP contribution in [-0.4, -0.2) is 6.61 Å². The summed E-state index contributed by atoms with van der Waals surface area (Å²) in [5.74, 6) is -1.58. The highest BCUT2D eigenvalue weighted by molar-refractivity contribution is 5.84. The van der Waals surface area contributed by atoms with Gasteiger partial charge in [-0.25, -0.2) is 17.6 Å². The zero-order valence-corrected chi connectivity index (χ0v) is 20.4. The van der Waals surface area contributed by atoms with E-state index in [1.165, 1.54) is 24.3 Å². The van der Waals surface area contributed by atoms with E-state index in [0.29, 0.717) is 36.8 Å². The SMILES string of the molecule is CCCCCOc1cc(F)c(CCc2ccc3c(F)c(CCc4ccc(F)cc4)ccc3c2)c(F)c1. The molecule has 4 rings (SSSR count). The molecule has 0 aromatic heterocycles. The van der Waals surface area contributed by atoms with Gasteiger partial charge in [0, 0.05) is 23.1 Å². The molecule has 0 heterocycles. The number of rotatable bonds is 11. The van der Waals surface area contributed by atoms with Gasteiger partial charge in [-0.3, -0.25) is 0 Å². The summed E-state index contributed by atoms with van der Waals surface area (Å²) < 4.78 is 62.8. The van der Waals surface area contributed by atoms with Crippen LogP contribution in [-0.2, 0) is 25.7 Å². The molecule has 0 unspecified atom stereocenters. The second kappa shape index (κ2) is 12.1. The Morgan fingerprint density at radius 3 is 2.08 bits per heavy atom. The van der Waals surface area contributed by atoms with Crippen LogP contribution in [0.3, 0.4) is 0 Å². The van der Waals surface area contributed by atoms with Crippen molar-refractivity contribution in [2.45, 2.75) is 51.9 Å². The van der Waals surface area contributed by atoms with Gasteiger partial charge in [0.25, 0.3) is 0 Å².